The van der Waals surface area contributed by atoms with Gasteiger partial charge in [0.05, 0.1) is 11.8 Å². The Bertz CT molecular complexity index is 362. The fourth-order valence-corrected chi connectivity index (χ4v) is 2.16. The molecule has 0 radical (unpaired) electrons. The van der Waals surface area contributed by atoms with Crippen LogP contribution >= 0.6 is 0 Å². The lowest BCUT2D eigenvalue weighted by atomic mass is 9.79. The van der Waals surface area contributed by atoms with Crippen molar-refractivity contribution < 1.29 is 29.0 Å². The van der Waals surface area contributed by atoms with Crippen molar-refractivity contribution in [2.75, 3.05) is 13.2 Å². The van der Waals surface area contributed by atoms with Crippen LogP contribution in [0.5, 0.6) is 0 Å². The summed E-state index contributed by atoms with van der Waals surface area (Å²) in [6.45, 7) is 3.11. The van der Waals surface area contributed by atoms with Gasteiger partial charge < -0.3 is 14.6 Å². The van der Waals surface area contributed by atoms with E-state index in [1.165, 1.54) is 0 Å². The zero-order chi connectivity index (χ0) is 14.3. The lowest BCUT2D eigenvalue weighted by molar-refractivity contribution is -0.161. The fraction of sp³-hybridized carbons (Fsp3) is 0.615. The Labute approximate surface area is 111 Å². The number of carbonyl (C=O) groups is 3. The minimum atomic E-state index is -0.959. The molecule has 1 saturated carbocycles. The van der Waals surface area contributed by atoms with Gasteiger partial charge in [-0.15, -0.1) is 0 Å². The van der Waals surface area contributed by atoms with Crippen molar-refractivity contribution in [2.24, 2.45) is 11.8 Å². The highest BCUT2D eigenvalue weighted by molar-refractivity contribution is 5.82. The highest BCUT2D eigenvalue weighted by atomic mass is 16.6. The van der Waals surface area contributed by atoms with Gasteiger partial charge in [-0.3, -0.25) is 9.59 Å². The van der Waals surface area contributed by atoms with Crippen molar-refractivity contribution >= 4 is 17.9 Å². The number of carbonyl (C=O) groups excluding carboxylic acids is 2. The Balaban J connectivity index is 2.36. The third-order valence-corrected chi connectivity index (χ3v) is 3.12. The summed E-state index contributed by atoms with van der Waals surface area (Å²) in [5.41, 5.74) is 0. The first-order valence-corrected chi connectivity index (χ1v) is 6.25. The molecular weight excluding hydrogens is 252 g/mol. The summed E-state index contributed by atoms with van der Waals surface area (Å²) < 4.78 is 9.60. The molecule has 0 aliphatic heterocycles. The van der Waals surface area contributed by atoms with Crippen molar-refractivity contribution in [3.05, 3.63) is 12.7 Å². The van der Waals surface area contributed by atoms with Crippen molar-refractivity contribution in [3.8, 4) is 0 Å². The standard InChI is InChI=1S/C13H18O6/c1-2-11(14)18-7-8-19-13(17)10-6-4-3-5-9(10)12(15)16/h2,9-10H,1,3-8H2,(H,15,16). The number of esters is 2. The molecule has 0 amide bonds. The highest BCUT2D eigenvalue weighted by Gasteiger charge is 2.36. The summed E-state index contributed by atoms with van der Waals surface area (Å²) in [4.78, 5) is 33.6. The smallest absolute Gasteiger partial charge is 0.330 e. The lowest BCUT2D eigenvalue weighted by Gasteiger charge is -2.26. The van der Waals surface area contributed by atoms with Gasteiger partial charge in [-0.2, -0.15) is 0 Å². The van der Waals surface area contributed by atoms with E-state index in [1.54, 1.807) is 0 Å². The van der Waals surface area contributed by atoms with Gasteiger partial charge in [0.1, 0.15) is 13.2 Å². The minimum absolute atomic E-state index is 0.0545. The molecule has 6 heteroatoms. The number of carboxylic acid groups (broad SMARTS) is 1. The van der Waals surface area contributed by atoms with Gasteiger partial charge in [-0.05, 0) is 12.8 Å². The lowest BCUT2D eigenvalue weighted by Crippen LogP contribution is -2.34. The van der Waals surface area contributed by atoms with Gasteiger partial charge in [-0.25, -0.2) is 4.79 Å². The number of ether oxygens (including phenoxy) is 2. The minimum Gasteiger partial charge on any atom is -0.481 e. The van der Waals surface area contributed by atoms with E-state index in [-0.39, 0.29) is 13.2 Å². The van der Waals surface area contributed by atoms with Crippen LogP contribution in [0.1, 0.15) is 25.7 Å². The summed E-state index contributed by atoms with van der Waals surface area (Å²) in [5.74, 6) is -3.34. The number of hydrogen-bond acceptors (Lipinski definition) is 5. The highest BCUT2D eigenvalue weighted by Crippen LogP contribution is 2.31. The Morgan fingerprint density at radius 1 is 1.11 bits per heavy atom. The van der Waals surface area contributed by atoms with E-state index in [9.17, 15) is 14.4 Å². The zero-order valence-electron chi connectivity index (χ0n) is 10.7. The molecule has 6 nitrogen and oxygen atoms in total. The van der Waals surface area contributed by atoms with Crippen LogP contribution in [-0.2, 0) is 23.9 Å². The fourth-order valence-electron chi connectivity index (χ4n) is 2.16. The first kappa shape index (κ1) is 15.2. The Morgan fingerprint density at radius 2 is 1.68 bits per heavy atom. The van der Waals surface area contributed by atoms with Gasteiger partial charge in [-0.1, -0.05) is 19.4 Å². The Hall–Kier alpha value is -1.85. The van der Waals surface area contributed by atoms with Crippen molar-refractivity contribution in [2.45, 2.75) is 25.7 Å². The predicted molar refractivity (Wildman–Crippen MR) is 65.2 cm³/mol. The molecule has 0 aromatic heterocycles. The van der Waals surface area contributed by atoms with Crippen LogP contribution in [0.4, 0.5) is 0 Å². The third-order valence-electron chi connectivity index (χ3n) is 3.12. The van der Waals surface area contributed by atoms with Crippen LogP contribution in [0, 0.1) is 11.8 Å². The number of aliphatic carboxylic acids is 1. The molecule has 2 unspecified atom stereocenters. The van der Waals surface area contributed by atoms with Crippen LogP contribution in [0.2, 0.25) is 0 Å². The molecule has 0 bridgehead atoms. The van der Waals surface area contributed by atoms with E-state index in [0.717, 1.165) is 18.9 Å². The Kier molecular flexibility index (Phi) is 6.05. The van der Waals surface area contributed by atoms with Gasteiger partial charge in [0.15, 0.2) is 0 Å². The van der Waals surface area contributed by atoms with Crippen molar-refractivity contribution in [3.63, 3.8) is 0 Å². The van der Waals surface area contributed by atoms with Crippen molar-refractivity contribution in [1.29, 1.82) is 0 Å². The van der Waals surface area contributed by atoms with Gasteiger partial charge >= 0.3 is 17.9 Å². The molecular formula is C13H18O6. The van der Waals surface area contributed by atoms with Crippen LogP contribution < -0.4 is 0 Å². The van der Waals surface area contributed by atoms with E-state index >= 15 is 0 Å². The summed E-state index contributed by atoms with van der Waals surface area (Å²) in [7, 11) is 0. The Morgan fingerprint density at radius 3 is 2.26 bits per heavy atom. The maximum atomic E-state index is 11.8. The quantitative estimate of drug-likeness (QED) is 0.442. The molecule has 1 rings (SSSR count). The van der Waals surface area contributed by atoms with E-state index in [2.05, 4.69) is 11.3 Å². The zero-order valence-corrected chi connectivity index (χ0v) is 10.7. The van der Waals surface area contributed by atoms with Crippen LogP contribution in [0.3, 0.4) is 0 Å². The average Bonchev–Trinajstić information content (AvgIpc) is 2.42. The second-order valence-electron chi connectivity index (χ2n) is 4.37. The van der Waals surface area contributed by atoms with Gasteiger partial charge in [0, 0.05) is 6.08 Å². The number of rotatable bonds is 6. The second-order valence-corrected chi connectivity index (χ2v) is 4.37. The monoisotopic (exact) mass is 270 g/mol. The normalized spacial score (nSPS) is 22.3. The molecule has 0 heterocycles. The molecule has 1 aliphatic carbocycles. The van der Waals surface area contributed by atoms with Gasteiger partial charge in [0.2, 0.25) is 0 Å². The second kappa shape index (κ2) is 7.56. The van der Waals surface area contributed by atoms with Crippen LogP contribution in [-0.4, -0.2) is 36.2 Å². The first-order chi connectivity index (χ1) is 9.06. The molecule has 0 aromatic rings. The largest absolute Gasteiger partial charge is 0.481 e. The predicted octanol–water partition coefficient (Wildman–Crippen LogP) is 1.15. The molecule has 106 valence electrons. The summed E-state index contributed by atoms with van der Waals surface area (Å²) in [6.07, 6.45) is 3.69. The topological polar surface area (TPSA) is 89.9 Å². The SMILES string of the molecule is C=CC(=O)OCCOC(=O)C1CCCCC1C(=O)O. The van der Waals surface area contributed by atoms with E-state index in [0.29, 0.717) is 12.8 Å². The summed E-state index contributed by atoms with van der Waals surface area (Å²) in [6, 6.07) is 0. The summed E-state index contributed by atoms with van der Waals surface area (Å²) in [5, 5.41) is 9.05. The molecule has 0 spiro atoms. The van der Waals surface area contributed by atoms with E-state index in [4.69, 9.17) is 9.84 Å². The molecule has 19 heavy (non-hydrogen) atoms. The molecule has 1 aliphatic rings. The summed E-state index contributed by atoms with van der Waals surface area (Å²) >= 11 is 0. The third kappa shape index (κ3) is 4.73. The number of hydrogen-bond donors (Lipinski definition) is 1. The molecule has 1 fully saturated rings. The van der Waals surface area contributed by atoms with Crippen LogP contribution in [0.25, 0.3) is 0 Å². The first-order valence-electron chi connectivity index (χ1n) is 6.25. The number of carboxylic acids is 1. The molecule has 1 N–H and O–H groups in total. The molecule has 2 atom stereocenters. The van der Waals surface area contributed by atoms with Gasteiger partial charge in [0.25, 0.3) is 0 Å². The van der Waals surface area contributed by atoms with Crippen molar-refractivity contribution in [1.82, 2.24) is 0 Å². The maximum Gasteiger partial charge on any atom is 0.330 e. The van der Waals surface area contributed by atoms with E-state index in [1.807, 2.05) is 0 Å². The molecule has 0 saturated heterocycles. The molecule has 0 aromatic carbocycles. The van der Waals surface area contributed by atoms with Crippen LogP contribution in [0.15, 0.2) is 12.7 Å². The average molecular weight is 270 g/mol. The maximum absolute atomic E-state index is 11.8. The van der Waals surface area contributed by atoms with E-state index < -0.39 is 29.7 Å².